The van der Waals surface area contributed by atoms with E-state index in [0.29, 0.717) is 5.88 Å². The molecule has 17 heavy (non-hydrogen) atoms. The summed E-state index contributed by atoms with van der Waals surface area (Å²) in [7, 11) is 1.61. The molecule has 0 aliphatic heterocycles. The molecule has 0 aliphatic rings. The first kappa shape index (κ1) is 11.6. The maximum Gasteiger partial charge on any atom is 0.212 e. The number of aromatic nitrogens is 2. The topological polar surface area (TPSA) is 35.0 Å². The van der Waals surface area contributed by atoms with E-state index in [4.69, 9.17) is 4.74 Å². The molecule has 0 fully saturated rings. The van der Waals surface area contributed by atoms with Gasteiger partial charge in [-0.05, 0) is 24.1 Å². The zero-order valence-electron chi connectivity index (χ0n) is 10.2. The third-order valence-corrected chi connectivity index (χ3v) is 2.60. The van der Waals surface area contributed by atoms with E-state index in [9.17, 15) is 0 Å². The van der Waals surface area contributed by atoms with Crippen molar-refractivity contribution in [2.24, 2.45) is 0 Å². The van der Waals surface area contributed by atoms with E-state index in [1.807, 2.05) is 24.4 Å². The van der Waals surface area contributed by atoms with Gasteiger partial charge in [0.05, 0.1) is 12.8 Å². The second-order valence-electron chi connectivity index (χ2n) is 3.89. The van der Waals surface area contributed by atoms with Crippen LogP contribution in [-0.4, -0.2) is 17.1 Å². The fourth-order valence-corrected chi connectivity index (χ4v) is 1.68. The van der Waals surface area contributed by atoms with Gasteiger partial charge in [-0.25, -0.2) is 4.98 Å². The van der Waals surface area contributed by atoms with Crippen molar-refractivity contribution >= 4 is 0 Å². The third-order valence-electron chi connectivity index (χ3n) is 2.60. The summed E-state index contributed by atoms with van der Waals surface area (Å²) in [6, 6.07) is 7.97. The fourth-order valence-electron chi connectivity index (χ4n) is 1.68. The number of ether oxygens (including phenoxy) is 1. The Labute approximate surface area is 102 Å². The highest BCUT2D eigenvalue weighted by Gasteiger charge is 2.00. The van der Waals surface area contributed by atoms with E-state index in [1.54, 1.807) is 13.3 Å². The van der Waals surface area contributed by atoms with Crippen LogP contribution in [0.5, 0.6) is 5.88 Å². The van der Waals surface area contributed by atoms with Gasteiger partial charge in [-0.3, -0.25) is 4.98 Å². The molecule has 0 atom stereocenters. The second-order valence-corrected chi connectivity index (χ2v) is 3.89. The van der Waals surface area contributed by atoms with Gasteiger partial charge in [0.2, 0.25) is 5.88 Å². The fraction of sp³-hybridized carbons (Fsp3) is 0.286. The van der Waals surface area contributed by atoms with Crippen LogP contribution in [0.3, 0.4) is 0 Å². The molecule has 2 aromatic heterocycles. The van der Waals surface area contributed by atoms with Gasteiger partial charge < -0.3 is 4.74 Å². The first-order valence-corrected chi connectivity index (χ1v) is 5.79. The molecule has 3 heteroatoms. The van der Waals surface area contributed by atoms with E-state index < -0.39 is 0 Å². The van der Waals surface area contributed by atoms with Gasteiger partial charge >= 0.3 is 0 Å². The van der Waals surface area contributed by atoms with Crippen LogP contribution in [0.15, 0.2) is 36.7 Å². The number of pyridine rings is 2. The summed E-state index contributed by atoms with van der Waals surface area (Å²) < 4.78 is 5.02. The van der Waals surface area contributed by atoms with Gasteiger partial charge in [-0.1, -0.05) is 19.4 Å². The Morgan fingerprint density at radius 1 is 1.06 bits per heavy atom. The molecular weight excluding hydrogens is 212 g/mol. The van der Waals surface area contributed by atoms with Gasteiger partial charge in [-0.15, -0.1) is 0 Å². The van der Waals surface area contributed by atoms with Crippen LogP contribution in [0.2, 0.25) is 0 Å². The zero-order chi connectivity index (χ0) is 12.1. The minimum Gasteiger partial charge on any atom is -0.481 e. The molecule has 2 aromatic rings. The van der Waals surface area contributed by atoms with Gasteiger partial charge in [0.15, 0.2) is 0 Å². The highest BCUT2D eigenvalue weighted by Crippen LogP contribution is 2.18. The first-order chi connectivity index (χ1) is 8.33. The summed E-state index contributed by atoms with van der Waals surface area (Å²) >= 11 is 0. The molecule has 0 bridgehead atoms. The van der Waals surface area contributed by atoms with Crippen molar-refractivity contribution in [3.8, 4) is 17.1 Å². The Morgan fingerprint density at radius 2 is 1.94 bits per heavy atom. The maximum absolute atomic E-state index is 5.02. The molecule has 0 saturated heterocycles. The van der Waals surface area contributed by atoms with E-state index in [1.165, 1.54) is 5.56 Å². The molecule has 0 aliphatic carbocycles. The summed E-state index contributed by atoms with van der Waals surface area (Å²) in [5, 5.41) is 0. The average molecular weight is 228 g/mol. The molecule has 2 heterocycles. The molecular formula is C14H16N2O. The summed E-state index contributed by atoms with van der Waals surface area (Å²) in [4.78, 5) is 8.61. The lowest BCUT2D eigenvalue weighted by atomic mass is 10.1. The summed E-state index contributed by atoms with van der Waals surface area (Å²) in [6.45, 7) is 2.17. The van der Waals surface area contributed by atoms with Crippen LogP contribution in [0.4, 0.5) is 0 Å². The van der Waals surface area contributed by atoms with Gasteiger partial charge in [0.1, 0.15) is 0 Å². The van der Waals surface area contributed by atoms with E-state index >= 15 is 0 Å². The van der Waals surface area contributed by atoms with Crippen molar-refractivity contribution in [3.63, 3.8) is 0 Å². The number of hydrogen-bond acceptors (Lipinski definition) is 3. The number of hydrogen-bond donors (Lipinski definition) is 0. The molecule has 0 amide bonds. The molecule has 0 saturated carbocycles. The molecule has 0 N–H and O–H groups in total. The Hall–Kier alpha value is -1.90. The average Bonchev–Trinajstić information content (AvgIpc) is 2.40. The monoisotopic (exact) mass is 228 g/mol. The largest absolute Gasteiger partial charge is 0.481 e. The molecule has 0 aromatic carbocycles. The van der Waals surface area contributed by atoms with Gasteiger partial charge in [0.25, 0.3) is 0 Å². The Morgan fingerprint density at radius 3 is 2.47 bits per heavy atom. The zero-order valence-corrected chi connectivity index (χ0v) is 10.2. The van der Waals surface area contributed by atoms with Crippen molar-refractivity contribution in [2.45, 2.75) is 19.8 Å². The Bertz CT molecular complexity index is 463. The quantitative estimate of drug-likeness (QED) is 0.806. The van der Waals surface area contributed by atoms with Crippen LogP contribution < -0.4 is 4.74 Å². The van der Waals surface area contributed by atoms with Crippen molar-refractivity contribution in [3.05, 3.63) is 42.2 Å². The number of methoxy groups -OCH3 is 1. The number of rotatable bonds is 4. The third kappa shape index (κ3) is 2.81. The highest BCUT2D eigenvalue weighted by molar-refractivity contribution is 5.58. The molecule has 2 rings (SSSR count). The highest BCUT2D eigenvalue weighted by atomic mass is 16.5. The van der Waals surface area contributed by atoms with Crippen LogP contribution in [0, 0.1) is 0 Å². The molecule has 0 spiro atoms. The van der Waals surface area contributed by atoms with E-state index in [-0.39, 0.29) is 0 Å². The standard InChI is InChI=1S/C14H16N2O/c1-3-4-11-5-7-13(15-9-11)12-6-8-14(17-2)16-10-12/h5-10H,3-4H2,1-2H3. The normalized spacial score (nSPS) is 10.2. The summed E-state index contributed by atoms with van der Waals surface area (Å²) in [5.41, 5.74) is 3.23. The minimum absolute atomic E-state index is 0.622. The van der Waals surface area contributed by atoms with Crippen LogP contribution in [-0.2, 0) is 6.42 Å². The molecule has 3 nitrogen and oxygen atoms in total. The van der Waals surface area contributed by atoms with E-state index in [0.717, 1.165) is 24.1 Å². The van der Waals surface area contributed by atoms with Crippen LogP contribution in [0.25, 0.3) is 11.3 Å². The maximum atomic E-state index is 5.02. The predicted octanol–water partition coefficient (Wildman–Crippen LogP) is 3.10. The minimum atomic E-state index is 0.622. The summed E-state index contributed by atoms with van der Waals surface area (Å²) in [6.07, 6.45) is 5.93. The molecule has 0 unspecified atom stereocenters. The first-order valence-electron chi connectivity index (χ1n) is 5.79. The smallest absolute Gasteiger partial charge is 0.212 e. The van der Waals surface area contributed by atoms with Crippen molar-refractivity contribution in [1.82, 2.24) is 9.97 Å². The molecule has 88 valence electrons. The number of nitrogens with zero attached hydrogens (tertiary/aromatic N) is 2. The Balaban J connectivity index is 2.20. The lowest BCUT2D eigenvalue weighted by molar-refractivity contribution is 0.398. The second kappa shape index (κ2) is 5.43. The van der Waals surface area contributed by atoms with Crippen molar-refractivity contribution in [1.29, 1.82) is 0 Å². The SMILES string of the molecule is CCCc1ccc(-c2ccc(OC)nc2)nc1. The van der Waals surface area contributed by atoms with Crippen molar-refractivity contribution < 1.29 is 4.74 Å². The molecule has 0 radical (unpaired) electrons. The lowest BCUT2D eigenvalue weighted by Gasteiger charge is -2.03. The summed E-state index contributed by atoms with van der Waals surface area (Å²) in [5.74, 6) is 0.622. The van der Waals surface area contributed by atoms with Crippen LogP contribution >= 0.6 is 0 Å². The van der Waals surface area contributed by atoms with E-state index in [2.05, 4.69) is 23.0 Å². The van der Waals surface area contributed by atoms with Gasteiger partial charge in [0, 0.05) is 24.0 Å². The van der Waals surface area contributed by atoms with Crippen LogP contribution in [0.1, 0.15) is 18.9 Å². The predicted molar refractivity (Wildman–Crippen MR) is 68.0 cm³/mol. The van der Waals surface area contributed by atoms with Gasteiger partial charge in [-0.2, -0.15) is 0 Å². The Kier molecular flexibility index (Phi) is 3.70. The number of aryl methyl sites for hydroxylation is 1. The lowest BCUT2D eigenvalue weighted by Crippen LogP contribution is -1.90. The van der Waals surface area contributed by atoms with Crippen molar-refractivity contribution in [2.75, 3.05) is 7.11 Å².